The van der Waals surface area contributed by atoms with Crippen LogP contribution in [-0.2, 0) is 32.7 Å². The van der Waals surface area contributed by atoms with Crippen molar-refractivity contribution in [1.29, 1.82) is 0 Å². The molecule has 0 fully saturated rings. The summed E-state index contributed by atoms with van der Waals surface area (Å²) in [5.74, 6) is 0.0525. The zero-order chi connectivity index (χ0) is 8.27. The normalized spacial score (nSPS) is 8.50. The van der Waals surface area contributed by atoms with Crippen LogP contribution in [0.25, 0.3) is 0 Å². The third-order valence-corrected chi connectivity index (χ3v) is 1.50. The number of para-hydroxylation sites is 1. The summed E-state index contributed by atoms with van der Waals surface area (Å²) >= 11 is 0. The van der Waals surface area contributed by atoms with E-state index in [4.69, 9.17) is 0 Å². The van der Waals surface area contributed by atoms with Crippen LogP contribution >= 0.6 is 0 Å². The number of Topliss-reactive ketones (excluding diaryl/α,β-unsaturated/α-hetero) is 1. The summed E-state index contributed by atoms with van der Waals surface area (Å²) in [4.78, 5) is 11.0. The first-order valence-corrected chi connectivity index (χ1v) is 3.39. The van der Waals surface area contributed by atoms with Crippen molar-refractivity contribution in [2.24, 2.45) is 0 Å². The van der Waals surface area contributed by atoms with Crippen LogP contribution in [0, 0.1) is 7.05 Å². The number of carbonyl (C=O) groups is 1. The minimum Gasteiger partial charge on any atom is -0.537 e. The van der Waals surface area contributed by atoms with Crippen molar-refractivity contribution >= 4 is 11.5 Å². The molecule has 12 heavy (non-hydrogen) atoms. The van der Waals surface area contributed by atoms with E-state index >= 15 is 0 Å². The monoisotopic (exact) mass is 237 g/mol. The van der Waals surface area contributed by atoms with E-state index in [-0.39, 0.29) is 38.5 Å². The van der Waals surface area contributed by atoms with Crippen LogP contribution in [0.1, 0.15) is 17.3 Å². The van der Waals surface area contributed by atoms with Gasteiger partial charge in [-0.15, -0.1) is 0 Å². The fourth-order valence-electron chi connectivity index (χ4n) is 0.944. The summed E-state index contributed by atoms with van der Waals surface area (Å²) < 4.78 is 0. The summed E-state index contributed by atoms with van der Waals surface area (Å²) in [6, 6.07) is 7.29. The van der Waals surface area contributed by atoms with Crippen molar-refractivity contribution in [3.63, 3.8) is 0 Å². The van der Waals surface area contributed by atoms with E-state index in [1.807, 2.05) is 18.2 Å². The molecule has 1 N–H and O–H groups in total. The van der Waals surface area contributed by atoms with Crippen LogP contribution in [0.2, 0.25) is 0 Å². The summed E-state index contributed by atoms with van der Waals surface area (Å²) in [5.41, 5.74) is 1.46. The van der Waals surface area contributed by atoms with E-state index in [0.29, 0.717) is 5.56 Å². The molecule has 1 aromatic carbocycles. The quantitative estimate of drug-likeness (QED) is 0.630. The van der Waals surface area contributed by atoms with Crippen LogP contribution in [0.5, 0.6) is 0 Å². The second-order valence-electron chi connectivity index (χ2n) is 2.28. The predicted molar refractivity (Wildman–Crippen MR) is 45.4 cm³/mol. The number of ketones is 1. The third-order valence-electron chi connectivity index (χ3n) is 1.50. The van der Waals surface area contributed by atoms with Gasteiger partial charge >= 0.3 is 0 Å². The summed E-state index contributed by atoms with van der Waals surface area (Å²) in [5, 5.41) is 2.71. The number of benzene rings is 1. The summed E-state index contributed by atoms with van der Waals surface area (Å²) in [6.45, 7) is 1.54. The number of anilines is 1. The molecule has 0 aromatic heterocycles. The number of hydrogen-bond donors (Lipinski definition) is 1. The Kier molecular flexibility index (Phi) is 5.35. The number of rotatable bonds is 2. The Balaban J connectivity index is 0.00000121. The average molecular weight is 237 g/mol. The van der Waals surface area contributed by atoms with Gasteiger partial charge in [0.2, 0.25) is 0 Å². The minimum atomic E-state index is 0. The molecule has 1 aromatic rings. The van der Waals surface area contributed by atoms with Gasteiger partial charge in [-0.1, -0.05) is 12.1 Å². The van der Waals surface area contributed by atoms with Crippen LogP contribution < -0.4 is 5.32 Å². The maximum Gasteiger partial charge on any atom is 0.161 e. The van der Waals surface area contributed by atoms with Crippen LogP contribution in [-0.4, -0.2) is 5.78 Å². The van der Waals surface area contributed by atoms with Crippen molar-refractivity contribution in [2.75, 3.05) is 5.32 Å². The smallest absolute Gasteiger partial charge is 0.161 e. The van der Waals surface area contributed by atoms with E-state index in [1.165, 1.54) is 6.92 Å². The second-order valence-corrected chi connectivity index (χ2v) is 2.28. The molecular formula is C9H10NOY-. The molecule has 1 radical (unpaired) electrons. The molecule has 2 nitrogen and oxygen atoms in total. The Bertz CT molecular complexity index is 273. The molecule has 3 heteroatoms. The number of nitrogens with one attached hydrogen (secondary N) is 1. The molecule has 0 bridgehead atoms. The Hall–Kier alpha value is -0.206. The molecule has 0 aliphatic heterocycles. The van der Waals surface area contributed by atoms with Crippen LogP contribution in [0.4, 0.5) is 5.69 Å². The topological polar surface area (TPSA) is 29.1 Å². The average Bonchev–Trinajstić information content (AvgIpc) is 2.04. The van der Waals surface area contributed by atoms with Crippen LogP contribution in [0.3, 0.4) is 0 Å². The molecular weight excluding hydrogens is 227 g/mol. The van der Waals surface area contributed by atoms with Crippen molar-refractivity contribution in [3.05, 3.63) is 36.9 Å². The minimum absolute atomic E-state index is 0. The van der Waals surface area contributed by atoms with Gasteiger partial charge in [-0.05, 0) is 19.1 Å². The van der Waals surface area contributed by atoms with Gasteiger partial charge in [-0.3, -0.25) is 11.8 Å². The zero-order valence-corrected chi connectivity index (χ0v) is 9.84. The number of carbonyl (C=O) groups excluding carboxylic acids is 1. The Labute approximate surface area is 97.6 Å². The van der Waals surface area contributed by atoms with Gasteiger partial charge in [0.25, 0.3) is 0 Å². The standard InChI is InChI=1S/C9H10NO.Y/c1-7(11)8-5-3-4-6-9(8)10-2;/h3-6,10H,2H2,1H3;/q-1;. The van der Waals surface area contributed by atoms with Gasteiger partial charge in [-0.2, -0.15) is 0 Å². The first-order valence-electron chi connectivity index (χ1n) is 3.39. The first kappa shape index (κ1) is 11.8. The first-order chi connectivity index (χ1) is 5.25. The Morgan fingerprint density at radius 1 is 1.42 bits per heavy atom. The van der Waals surface area contributed by atoms with Gasteiger partial charge in [0.1, 0.15) is 0 Å². The van der Waals surface area contributed by atoms with Crippen LogP contribution in [0.15, 0.2) is 24.3 Å². The Morgan fingerprint density at radius 2 is 2.00 bits per heavy atom. The van der Waals surface area contributed by atoms with E-state index < -0.39 is 0 Å². The maximum atomic E-state index is 11.0. The molecule has 0 amide bonds. The van der Waals surface area contributed by atoms with Gasteiger partial charge in [-0.25, -0.2) is 0 Å². The van der Waals surface area contributed by atoms with Crippen molar-refractivity contribution in [2.45, 2.75) is 6.92 Å². The van der Waals surface area contributed by atoms with E-state index in [0.717, 1.165) is 5.69 Å². The zero-order valence-electron chi connectivity index (χ0n) is 7.00. The van der Waals surface area contributed by atoms with Gasteiger partial charge in [0.15, 0.2) is 5.78 Å². The molecule has 0 heterocycles. The predicted octanol–water partition coefficient (Wildman–Crippen LogP) is 2.09. The van der Waals surface area contributed by atoms with Gasteiger partial charge in [0.05, 0.1) is 0 Å². The largest absolute Gasteiger partial charge is 0.537 e. The molecule has 0 saturated heterocycles. The van der Waals surface area contributed by atoms with Crippen molar-refractivity contribution in [1.82, 2.24) is 0 Å². The Morgan fingerprint density at radius 3 is 2.42 bits per heavy atom. The van der Waals surface area contributed by atoms with Gasteiger partial charge in [0, 0.05) is 44.0 Å². The molecule has 61 valence electrons. The molecule has 0 aliphatic carbocycles. The fourth-order valence-corrected chi connectivity index (χ4v) is 0.944. The molecule has 0 saturated carbocycles. The molecule has 0 aliphatic rings. The van der Waals surface area contributed by atoms with E-state index in [1.54, 1.807) is 6.07 Å². The summed E-state index contributed by atoms with van der Waals surface area (Å²) in [7, 11) is 3.50. The van der Waals surface area contributed by atoms with Gasteiger partial charge < -0.3 is 5.32 Å². The molecule has 1 rings (SSSR count). The van der Waals surface area contributed by atoms with E-state index in [9.17, 15) is 4.79 Å². The third kappa shape index (κ3) is 2.69. The SMILES string of the molecule is [CH2-]Nc1ccccc1C(C)=O.[Y]. The second kappa shape index (κ2) is 5.44. The number of hydrogen-bond acceptors (Lipinski definition) is 2. The maximum absolute atomic E-state index is 11.0. The molecule has 0 unspecified atom stereocenters. The molecule has 0 spiro atoms. The molecule has 0 atom stereocenters. The van der Waals surface area contributed by atoms with Crippen molar-refractivity contribution < 1.29 is 37.5 Å². The fraction of sp³-hybridized carbons (Fsp3) is 0.111. The van der Waals surface area contributed by atoms with E-state index in [2.05, 4.69) is 12.4 Å². The van der Waals surface area contributed by atoms with Crippen molar-refractivity contribution in [3.8, 4) is 0 Å². The summed E-state index contributed by atoms with van der Waals surface area (Å²) in [6.07, 6.45) is 0.